The van der Waals surface area contributed by atoms with E-state index in [1.54, 1.807) is 130 Å². The number of hydrogen-bond donors (Lipinski definition) is 9. The number of rotatable bonds is 26. The topological polar surface area (TPSA) is 370 Å². The Kier molecular flexibility index (Phi) is 25.7. The van der Waals surface area contributed by atoms with Crippen LogP contribution in [0.3, 0.4) is 0 Å². The molecule has 6 fully saturated rings. The molecule has 0 spiro atoms. The molecule has 8 rings (SSSR count). The minimum atomic E-state index is -1.68. The summed E-state index contributed by atoms with van der Waals surface area (Å²) in [5, 5.41) is 32.5. The summed E-state index contributed by atoms with van der Waals surface area (Å²) in [6, 6.07) is 9.44. The van der Waals surface area contributed by atoms with E-state index in [4.69, 9.17) is 9.47 Å². The van der Waals surface area contributed by atoms with Crippen LogP contribution in [0.1, 0.15) is 173 Å². The maximum atomic E-state index is 14.2. The van der Waals surface area contributed by atoms with Gasteiger partial charge in [0, 0.05) is 41.3 Å². The van der Waals surface area contributed by atoms with Crippen LogP contribution in [0.25, 0.3) is 0 Å². The summed E-state index contributed by atoms with van der Waals surface area (Å²) in [5.74, 6) is -6.62. The van der Waals surface area contributed by atoms with Gasteiger partial charge in [-0.15, -0.1) is 0 Å². The molecule has 4 aliphatic carbocycles. The molecule has 104 heavy (non-hydrogen) atoms. The number of likely N-dealkylation sites (tertiary alicyclic amines) is 2. The summed E-state index contributed by atoms with van der Waals surface area (Å²) in [6.07, 6.45) is 0.872. The number of ether oxygens (including phenoxy) is 2. The summed E-state index contributed by atoms with van der Waals surface area (Å²) < 4.78 is 10.9. The Balaban J connectivity index is 0.000000291. The quantitative estimate of drug-likeness (QED) is 0.0588. The Labute approximate surface area is 611 Å². The molecule has 2 saturated heterocycles. The van der Waals surface area contributed by atoms with Gasteiger partial charge in [0.05, 0.1) is 25.2 Å². The standard InChI is InChI=1S/C38H58N6O8.C38H56N6O8/c2*1-36(2,3)30(42-35(51)52-37(4,5)6)34(50)44-20-23-26(38(23,7)8)28(44)31(47)40-24(18-21-16-17-21)29(46)32(48)39-19-25(45)41-27(33(49)43(9)10)22-14-12-11-13-15-22/h11-15,21,23-24,26-30,46H,16-20H2,1-10H3,(H,39,48)(H,40,47)(H,41,45)(H,42,51);11-15,21,23-24,26-28,30H,16-20H2,1-10H3,(H,39,48)(H,40,47)(H,41,45)(H,42,51)/t23?,24?,26-,27-,28-,29?,30+;23?,24?,26-,27-,28-,30+/m00/s1. The monoisotopic (exact) mass is 1450 g/mol. The van der Waals surface area contributed by atoms with Crippen molar-refractivity contribution in [3.63, 3.8) is 0 Å². The van der Waals surface area contributed by atoms with Crippen molar-refractivity contribution < 1.29 is 76.9 Å². The fourth-order valence-corrected chi connectivity index (χ4v) is 14.2. The number of Topliss-reactive ketones (excluding diaryl/α,β-unsaturated/α-hetero) is 1. The first-order valence-electron chi connectivity index (χ1n) is 36.1. The Hall–Kier alpha value is -8.69. The lowest BCUT2D eigenvalue weighted by molar-refractivity contribution is -0.145. The zero-order valence-corrected chi connectivity index (χ0v) is 64.4. The fraction of sp³-hybridized carbons (Fsp3) is 0.671. The number of fused-ring (bicyclic) bond motifs is 2. The number of nitrogens with one attached hydrogen (secondary N) is 8. The molecule has 0 aromatic heterocycles. The molecule has 5 unspecified atom stereocenters. The first-order valence-corrected chi connectivity index (χ1v) is 36.1. The van der Waals surface area contributed by atoms with E-state index < -0.39 is 155 Å². The van der Waals surface area contributed by atoms with E-state index in [2.05, 4.69) is 42.5 Å². The van der Waals surface area contributed by atoms with Crippen LogP contribution in [0.2, 0.25) is 0 Å². The van der Waals surface area contributed by atoms with E-state index in [1.165, 1.54) is 19.6 Å². The molecule has 2 aliphatic heterocycles. The van der Waals surface area contributed by atoms with E-state index in [0.29, 0.717) is 30.6 Å². The Morgan fingerprint density at radius 3 is 1.23 bits per heavy atom. The van der Waals surface area contributed by atoms with Gasteiger partial charge in [0.2, 0.25) is 53.0 Å². The second-order valence-electron chi connectivity index (χ2n) is 34.7. The smallest absolute Gasteiger partial charge is 0.408 e. The number of alkyl carbamates (subject to hydrolysis) is 2. The summed E-state index contributed by atoms with van der Waals surface area (Å²) in [4.78, 5) is 179. The number of hydrogen-bond acceptors (Lipinski definition) is 16. The van der Waals surface area contributed by atoms with E-state index in [0.717, 1.165) is 25.7 Å². The molecule has 574 valence electrons. The highest BCUT2D eigenvalue weighted by Crippen LogP contribution is 2.66. The average Bonchev–Trinajstić information content (AvgIpc) is 1.53. The molecular formula is C76H114N12O16. The molecule has 6 aliphatic rings. The number of piperidine rings is 2. The lowest BCUT2D eigenvalue weighted by Crippen LogP contribution is -2.61. The van der Waals surface area contributed by atoms with Crippen LogP contribution in [0, 0.1) is 57.2 Å². The molecule has 0 bridgehead atoms. The Morgan fingerprint density at radius 2 is 0.875 bits per heavy atom. The van der Waals surface area contributed by atoms with E-state index in [9.17, 15) is 67.4 Å². The number of aliphatic hydroxyl groups excluding tert-OH is 1. The third-order valence-corrected chi connectivity index (χ3v) is 20.5. The number of likely N-dealkylation sites (N-methyl/N-ethyl adjacent to an activating group) is 2. The predicted octanol–water partition coefficient (Wildman–Crippen LogP) is 4.44. The molecule has 2 aromatic carbocycles. The Bertz CT molecular complexity index is 3530. The molecular weight excluding hydrogens is 1340 g/mol. The summed E-state index contributed by atoms with van der Waals surface area (Å²) >= 11 is 0. The van der Waals surface area contributed by atoms with Crippen LogP contribution in [0.15, 0.2) is 60.7 Å². The van der Waals surface area contributed by atoms with Gasteiger partial charge in [-0.3, -0.25) is 52.7 Å². The third kappa shape index (κ3) is 21.3. The number of carbonyl (C=O) groups excluding carboxylic acids is 13. The van der Waals surface area contributed by atoms with Gasteiger partial charge in [-0.1, -0.05) is 156 Å². The lowest BCUT2D eigenvalue weighted by atomic mass is 9.85. The van der Waals surface area contributed by atoms with Crippen LogP contribution < -0.4 is 42.5 Å². The van der Waals surface area contributed by atoms with Gasteiger partial charge in [-0.25, -0.2) is 9.59 Å². The predicted molar refractivity (Wildman–Crippen MR) is 385 cm³/mol. The summed E-state index contributed by atoms with van der Waals surface area (Å²) in [6.45, 7) is 29.0. The van der Waals surface area contributed by atoms with Crippen molar-refractivity contribution in [1.82, 2.24) is 62.1 Å². The maximum Gasteiger partial charge on any atom is 0.408 e. The van der Waals surface area contributed by atoms with Crippen molar-refractivity contribution in [2.75, 3.05) is 54.4 Å². The van der Waals surface area contributed by atoms with Crippen LogP contribution in [0.5, 0.6) is 0 Å². The van der Waals surface area contributed by atoms with Crippen molar-refractivity contribution in [2.24, 2.45) is 57.2 Å². The molecule has 2 aromatic rings. The zero-order chi connectivity index (χ0) is 77.8. The van der Waals surface area contributed by atoms with Crippen molar-refractivity contribution in [1.29, 1.82) is 0 Å². The average molecular weight is 1450 g/mol. The molecule has 28 heteroatoms. The van der Waals surface area contributed by atoms with Crippen molar-refractivity contribution >= 4 is 77.0 Å². The summed E-state index contributed by atoms with van der Waals surface area (Å²) in [7, 11) is 6.28. The molecule has 2 heterocycles. The maximum absolute atomic E-state index is 14.2. The number of carbonyl (C=O) groups is 13. The molecule has 12 amide bonds. The summed E-state index contributed by atoms with van der Waals surface area (Å²) in [5.41, 5.74) is -2.33. The number of amides is 12. The fourth-order valence-electron chi connectivity index (χ4n) is 14.2. The molecule has 0 radical (unpaired) electrons. The number of aliphatic hydroxyl groups is 1. The van der Waals surface area contributed by atoms with Crippen LogP contribution in [0.4, 0.5) is 9.59 Å². The zero-order valence-electron chi connectivity index (χ0n) is 64.4. The SMILES string of the molecule is CN(C)C(=O)[C@@H](NC(=O)CNC(=O)C(=O)C(CC1CC1)NC(=O)[C@@H]1[C@@H]2C(CN1C(=O)[C@@H](NC(=O)OC(C)(C)C)C(C)(C)C)C2(C)C)c1ccccc1.CN(C)C(=O)[C@@H](NC(=O)CNC(=O)C(O)C(CC1CC1)NC(=O)[C@@H]1[C@@H]2C(CN1C(=O)[C@@H](NC(=O)OC(C)(C)C)C(C)(C)C)C2(C)C)c1ccccc1. The van der Waals surface area contributed by atoms with Gasteiger partial charge in [0.1, 0.15) is 47.5 Å². The number of ketones is 1. The Morgan fingerprint density at radius 1 is 0.510 bits per heavy atom. The van der Waals surface area contributed by atoms with Gasteiger partial charge in [0.15, 0.2) is 6.10 Å². The van der Waals surface area contributed by atoms with E-state index in [1.807, 2.05) is 69.2 Å². The van der Waals surface area contributed by atoms with Gasteiger partial charge in [-0.05, 0) is 123 Å². The van der Waals surface area contributed by atoms with E-state index in [-0.39, 0.29) is 64.6 Å². The van der Waals surface area contributed by atoms with Crippen molar-refractivity contribution in [3.05, 3.63) is 71.8 Å². The highest BCUT2D eigenvalue weighted by molar-refractivity contribution is 6.38. The first kappa shape index (κ1) is 82.6. The second kappa shape index (κ2) is 32.4. The van der Waals surface area contributed by atoms with Crippen molar-refractivity contribution in [2.45, 2.75) is 215 Å². The lowest BCUT2D eigenvalue weighted by Gasteiger charge is -2.38. The molecule has 4 saturated carbocycles. The van der Waals surface area contributed by atoms with Crippen molar-refractivity contribution in [3.8, 4) is 0 Å². The largest absolute Gasteiger partial charge is 0.444 e. The van der Waals surface area contributed by atoms with Gasteiger partial charge in [0.25, 0.3) is 11.8 Å². The molecule has 13 atom stereocenters. The van der Waals surface area contributed by atoms with E-state index >= 15 is 0 Å². The second-order valence-corrected chi connectivity index (χ2v) is 34.7. The highest BCUT2D eigenvalue weighted by Gasteiger charge is 2.71. The van der Waals surface area contributed by atoms with Gasteiger partial charge < -0.3 is 76.7 Å². The number of nitrogens with zero attached hydrogens (tertiary/aromatic N) is 4. The first-order chi connectivity index (χ1) is 48.0. The van der Waals surface area contributed by atoms with Crippen LogP contribution in [-0.4, -0.2) is 210 Å². The van der Waals surface area contributed by atoms with Gasteiger partial charge in [-0.2, -0.15) is 0 Å². The highest BCUT2D eigenvalue weighted by atomic mass is 16.6. The normalized spacial score (nSPS) is 22.5. The minimum absolute atomic E-state index is 0.0350. The molecule has 9 N–H and O–H groups in total. The minimum Gasteiger partial charge on any atom is -0.444 e. The van der Waals surface area contributed by atoms with Crippen LogP contribution in [-0.2, 0) is 62.2 Å². The third-order valence-electron chi connectivity index (χ3n) is 20.5. The molecule has 28 nitrogen and oxygen atoms in total. The van der Waals surface area contributed by atoms with Gasteiger partial charge >= 0.3 is 12.2 Å². The van der Waals surface area contributed by atoms with Crippen LogP contribution >= 0.6 is 0 Å². The number of benzene rings is 2.